The van der Waals surface area contributed by atoms with Crippen LogP contribution in [-0.2, 0) is 33.3 Å². The Balaban J connectivity index is 1.85. The van der Waals surface area contributed by atoms with Crippen molar-refractivity contribution in [1.82, 2.24) is 4.90 Å². The lowest BCUT2D eigenvalue weighted by molar-refractivity contribution is -0.271. The van der Waals surface area contributed by atoms with Crippen molar-refractivity contribution < 1.29 is 33.6 Å². The number of esters is 1. The Labute approximate surface area is 231 Å². The van der Waals surface area contributed by atoms with Crippen LogP contribution in [0.2, 0.25) is 0 Å². The van der Waals surface area contributed by atoms with Crippen LogP contribution in [0, 0.1) is 21.3 Å². The Morgan fingerprint density at radius 2 is 1.94 bits per heavy atom. The van der Waals surface area contributed by atoms with Gasteiger partial charge in [0.25, 0.3) is 0 Å². The summed E-state index contributed by atoms with van der Waals surface area (Å²) in [5.74, 6) is -2.56. The molecule has 0 aromatic heterocycles. The summed E-state index contributed by atoms with van der Waals surface area (Å²) >= 11 is 4.54. The molecule has 8 nitrogen and oxygen atoms in total. The molecule has 1 saturated heterocycles. The third kappa shape index (κ3) is 5.58. The molecule has 0 bridgehead atoms. The fraction of sp³-hybridized carbons (Fsp3) is 0.400. The van der Waals surface area contributed by atoms with Crippen LogP contribution in [0.25, 0.3) is 0 Å². The monoisotopic (exact) mass is 707 g/mol. The summed E-state index contributed by atoms with van der Waals surface area (Å²) in [4.78, 5) is 49.6. The molecule has 4 unspecified atom stereocenters. The second kappa shape index (κ2) is 12.3. The number of carbonyl (C=O) groups excluding carboxylic acids is 3. The van der Waals surface area contributed by atoms with Crippen molar-refractivity contribution in [2.24, 2.45) is 17.8 Å². The lowest BCUT2D eigenvalue weighted by atomic mass is 9.74. The molecule has 2 heterocycles. The van der Waals surface area contributed by atoms with Crippen LogP contribution < -0.4 is 4.74 Å². The first-order valence-electron chi connectivity index (χ1n) is 11.0. The van der Waals surface area contributed by atoms with Crippen molar-refractivity contribution in [1.29, 1.82) is 0 Å². The Morgan fingerprint density at radius 1 is 1.23 bits per heavy atom. The molecule has 35 heavy (non-hydrogen) atoms. The molecular weight excluding hydrogens is 680 g/mol. The number of carbonyl (C=O) groups is 3. The predicted octanol–water partition coefficient (Wildman–Crippen LogP) is 4.36. The minimum Gasteiger partial charge on any atom is -0.488 e. The van der Waals surface area contributed by atoms with Gasteiger partial charge in [-0.1, -0.05) is 67.3 Å². The zero-order valence-electron chi connectivity index (χ0n) is 19.5. The summed E-state index contributed by atoms with van der Waals surface area (Å²) < 4.78 is 13.2. The summed E-state index contributed by atoms with van der Waals surface area (Å²) in [5.41, 5.74) is 1.97. The van der Waals surface area contributed by atoms with Crippen molar-refractivity contribution in [2.75, 3.05) is 19.8 Å². The molecule has 2 aliphatic heterocycles. The maximum atomic E-state index is 13.2. The average Bonchev–Trinajstić information content (AvgIpc) is 3.10. The van der Waals surface area contributed by atoms with E-state index in [9.17, 15) is 14.4 Å². The summed E-state index contributed by atoms with van der Waals surface area (Å²) in [5, 5.41) is 0. The van der Waals surface area contributed by atoms with E-state index in [0.29, 0.717) is 11.3 Å². The highest BCUT2D eigenvalue weighted by atomic mass is 127. The first-order valence-corrected chi connectivity index (χ1v) is 13.6. The molecule has 0 N–H and O–H groups in total. The van der Waals surface area contributed by atoms with Crippen molar-refractivity contribution in [3.63, 3.8) is 0 Å². The fourth-order valence-corrected chi connectivity index (χ4v) is 6.40. The number of fused-ring (bicyclic) bond motifs is 1. The van der Waals surface area contributed by atoms with Gasteiger partial charge < -0.3 is 14.4 Å². The lowest BCUT2D eigenvalue weighted by Crippen LogP contribution is -2.63. The molecule has 1 aromatic rings. The first kappa shape index (κ1) is 27.7. The van der Waals surface area contributed by atoms with Gasteiger partial charge in [0, 0.05) is 15.9 Å². The number of hydrogen-bond acceptors (Lipinski definition) is 7. The van der Waals surface area contributed by atoms with E-state index in [1.165, 1.54) is 17.1 Å². The summed E-state index contributed by atoms with van der Waals surface area (Å²) in [6.07, 6.45) is 2.91. The second-order valence-corrected chi connectivity index (χ2v) is 10.0. The third-order valence-electron chi connectivity index (χ3n) is 6.13. The number of benzene rings is 1. The van der Waals surface area contributed by atoms with Gasteiger partial charge in [0.2, 0.25) is 5.91 Å². The molecule has 0 spiro atoms. The number of rotatable bonds is 12. The number of amides is 1. The topological polar surface area (TPSA) is 91.4 Å². The van der Waals surface area contributed by atoms with Crippen LogP contribution >= 0.6 is 45.2 Å². The molecule has 2 aliphatic rings. The van der Waals surface area contributed by atoms with E-state index in [2.05, 4.69) is 58.3 Å². The molecule has 4 atom stereocenters. The number of ether oxygens (including phenoxy) is 2. The van der Waals surface area contributed by atoms with Gasteiger partial charge in [0.1, 0.15) is 31.3 Å². The Morgan fingerprint density at radius 3 is 2.60 bits per heavy atom. The minimum absolute atomic E-state index is 0.0138. The second-order valence-electron chi connectivity index (χ2n) is 8.19. The Hall–Kier alpha value is -1.93. The van der Waals surface area contributed by atoms with Gasteiger partial charge in [-0.15, -0.1) is 6.58 Å². The van der Waals surface area contributed by atoms with E-state index in [1.807, 2.05) is 25.1 Å². The van der Waals surface area contributed by atoms with E-state index < -0.39 is 29.8 Å². The normalized spacial score (nSPS) is 21.7. The van der Waals surface area contributed by atoms with Crippen LogP contribution in [-0.4, -0.2) is 48.6 Å². The van der Waals surface area contributed by atoms with Crippen LogP contribution in [0.15, 0.2) is 54.8 Å². The van der Waals surface area contributed by atoms with E-state index >= 15 is 0 Å². The van der Waals surface area contributed by atoms with Crippen molar-refractivity contribution in [2.45, 2.75) is 24.3 Å². The first-order chi connectivity index (χ1) is 16.8. The molecule has 0 radical (unpaired) electrons. The van der Waals surface area contributed by atoms with Crippen LogP contribution in [0.5, 0.6) is 5.75 Å². The minimum atomic E-state index is -0.761. The molecule has 3 rings (SSSR count). The largest absolute Gasteiger partial charge is 0.488 e. The fourth-order valence-electron chi connectivity index (χ4n) is 4.33. The summed E-state index contributed by atoms with van der Waals surface area (Å²) in [6, 6.07) is 5.43. The standard InChI is InChI=1S/C25H27I2NO7/c1-5-10-32-25(31)22-17(13-33-18-9-7-8-16(12-26)20(18)27)14(3)21-19(23(29)28(21)22)15(4)24(30)35-34-11-6-2/h5-9,14-15,19,21H,1-2,10-13H2,3-4H3. The molecule has 1 fully saturated rings. The van der Waals surface area contributed by atoms with E-state index in [0.717, 1.165) is 13.6 Å². The van der Waals surface area contributed by atoms with Gasteiger partial charge in [-0.25, -0.2) is 9.59 Å². The lowest BCUT2D eigenvalue weighted by Gasteiger charge is -2.47. The number of β-lactam (4-membered cyclic amide) rings is 1. The van der Waals surface area contributed by atoms with Crippen LogP contribution in [0.1, 0.15) is 19.4 Å². The number of nitrogens with zero attached hydrogens (tertiary/aromatic N) is 1. The Kier molecular flexibility index (Phi) is 9.76. The average molecular weight is 707 g/mol. The maximum absolute atomic E-state index is 13.2. The van der Waals surface area contributed by atoms with Crippen molar-refractivity contribution in [3.05, 3.63) is 63.9 Å². The van der Waals surface area contributed by atoms with Gasteiger partial charge in [-0.2, -0.15) is 4.89 Å². The zero-order chi connectivity index (χ0) is 25.7. The zero-order valence-corrected chi connectivity index (χ0v) is 23.8. The highest BCUT2D eigenvalue weighted by Crippen LogP contribution is 2.49. The summed E-state index contributed by atoms with van der Waals surface area (Å²) in [7, 11) is 0. The highest BCUT2D eigenvalue weighted by molar-refractivity contribution is 14.1. The molecule has 188 valence electrons. The van der Waals surface area contributed by atoms with Gasteiger partial charge >= 0.3 is 11.9 Å². The van der Waals surface area contributed by atoms with Gasteiger partial charge in [0.05, 0.1) is 21.4 Å². The third-order valence-corrected chi connectivity index (χ3v) is 8.18. The smallest absolute Gasteiger partial charge is 0.355 e. The SMILES string of the molecule is C=CCOOC(=O)C(C)C1C(=O)N2C(C(=O)OCC=C)=C(COc3cccc(CI)c3I)C(C)C12. The predicted molar refractivity (Wildman–Crippen MR) is 145 cm³/mol. The van der Waals surface area contributed by atoms with Gasteiger partial charge in [-0.3, -0.25) is 9.68 Å². The van der Waals surface area contributed by atoms with Crippen LogP contribution in [0.4, 0.5) is 0 Å². The van der Waals surface area contributed by atoms with Gasteiger partial charge in [-0.05, 0) is 34.2 Å². The molecule has 0 saturated carbocycles. The highest BCUT2D eigenvalue weighted by Gasteiger charge is 2.61. The van der Waals surface area contributed by atoms with Crippen molar-refractivity contribution >= 4 is 63.0 Å². The molecular formula is C25H27I2NO7. The Bertz CT molecular complexity index is 1050. The van der Waals surface area contributed by atoms with Crippen LogP contribution in [0.3, 0.4) is 0 Å². The van der Waals surface area contributed by atoms with E-state index in [1.54, 1.807) is 6.92 Å². The maximum Gasteiger partial charge on any atom is 0.355 e. The number of hydrogen-bond donors (Lipinski definition) is 0. The molecule has 1 aromatic carbocycles. The number of alkyl halides is 1. The molecule has 1 amide bonds. The number of halogens is 2. The van der Waals surface area contributed by atoms with Gasteiger partial charge in [0.15, 0.2) is 0 Å². The van der Waals surface area contributed by atoms with E-state index in [4.69, 9.17) is 19.2 Å². The summed E-state index contributed by atoms with van der Waals surface area (Å²) in [6.45, 7) is 10.8. The van der Waals surface area contributed by atoms with Crippen molar-refractivity contribution in [3.8, 4) is 5.75 Å². The molecule has 0 aliphatic carbocycles. The van der Waals surface area contributed by atoms with E-state index in [-0.39, 0.29) is 37.3 Å². The quantitative estimate of drug-likeness (QED) is 0.0467. The molecule has 10 heteroatoms.